The third kappa shape index (κ3) is 3.97. The molecule has 1 saturated carbocycles. The van der Waals surface area contributed by atoms with Crippen LogP contribution in [0.25, 0.3) is 0 Å². The van der Waals surface area contributed by atoms with Crippen LogP contribution in [-0.4, -0.2) is 23.6 Å². The number of carbonyl (C=O) groups excluding carboxylic acids is 1. The first kappa shape index (κ1) is 15.4. The Morgan fingerprint density at radius 2 is 2.10 bits per heavy atom. The molecule has 1 aliphatic carbocycles. The molecule has 1 aromatic carbocycles. The summed E-state index contributed by atoms with van der Waals surface area (Å²) in [5, 5.41) is 11.9. The smallest absolute Gasteiger partial charge is 0.307 e. The first-order valence-corrected chi connectivity index (χ1v) is 7.38. The van der Waals surface area contributed by atoms with Crippen LogP contribution in [0.1, 0.15) is 32.6 Å². The molecule has 2 atom stereocenters. The number of carboxylic acids is 1. The van der Waals surface area contributed by atoms with E-state index in [2.05, 4.69) is 5.32 Å². The molecule has 5 nitrogen and oxygen atoms in total. The summed E-state index contributed by atoms with van der Waals surface area (Å²) in [7, 11) is 0. The van der Waals surface area contributed by atoms with Crippen LogP contribution in [0.4, 0.5) is 5.69 Å². The number of anilines is 1. The van der Waals surface area contributed by atoms with Gasteiger partial charge in [-0.25, -0.2) is 0 Å². The molecule has 2 rings (SSSR count). The lowest BCUT2D eigenvalue weighted by Crippen LogP contribution is -2.29. The number of nitrogens with one attached hydrogen (secondary N) is 1. The van der Waals surface area contributed by atoms with Crippen molar-refractivity contribution in [3.8, 4) is 5.75 Å². The van der Waals surface area contributed by atoms with E-state index in [0.717, 1.165) is 12.8 Å². The van der Waals surface area contributed by atoms with E-state index in [-0.39, 0.29) is 5.91 Å². The number of carboxylic acid groups (broad SMARTS) is 1. The van der Waals surface area contributed by atoms with E-state index in [0.29, 0.717) is 30.9 Å². The van der Waals surface area contributed by atoms with Gasteiger partial charge in [-0.15, -0.1) is 0 Å². The molecule has 0 bridgehead atoms. The van der Waals surface area contributed by atoms with Crippen LogP contribution < -0.4 is 10.1 Å². The zero-order valence-corrected chi connectivity index (χ0v) is 12.2. The SMILES string of the molecule is CCCOc1cccc(NC(=O)C2CCCC2C(=O)O)c1. The standard InChI is InChI=1S/C16H21NO4/c1-2-9-21-12-6-3-5-11(10-12)17-15(18)13-7-4-8-14(13)16(19)20/h3,5-6,10,13-14H,2,4,7-9H2,1H3,(H,17,18)(H,19,20). The highest BCUT2D eigenvalue weighted by Gasteiger charge is 2.37. The van der Waals surface area contributed by atoms with E-state index < -0.39 is 17.8 Å². The lowest BCUT2D eigenvalue weighted by atomic mass is 9.95. The molecule has 0 aromatic heterocycles. The summed E-state index contributed by atoms with van der Waals surface area (Å²) < 4.78 is 5.52. The lowest BCUT2D eigenvalue weighted by Gasteiger charge is -2.16. The Labute approximate surface area is 124 Å². The molecule has 114 valence electrons. The van der Waals surface area contributed by atoms with E-state index in [9.17, 15) is 9.59 Å². The van der Waals surface area contributed by atoms with Crippen molar-refractivity contribution in [1.29, 1.82) is 0 Å². The third-order valence-electron chi connectivity index (χ3n) is 3.74. The molecule has 2 unspecified atom stereocenters. The van der Waals surface area contributed by atoms with Crippen molar-refractivity contribution in [3.63, 3.8) is 0 Å². The molecule has 1 aromatic rings. The molecular formula is C16H21NO4. The van der Waals surface area contributed by atoms with Gasteiger partial charge in [-0.3, -0.25) is 9.59 Å². The quantitative estimate of drug-likeness (QED) is 0.845. The van der Waals surface area contributed by atoms with Crippen LogP contribution in [-0.2, 0) is 9.59 Å². The van der Waals surface area contributed by atoms with E-state index in [1.165, 1.54) is 0 Å². The predicted molar refractivity (Wildman–Crippen MR) is 79.3 cm³/mol. The summed E-state index contributed by atoms with van der Waals surface area (Å²) in [6, 6.07) is 7.19. The maximum atomic E-state index is 12.2. The first-order chi connectivity index (χ1) is 10.1. The van der Waals surface area contributed by atoms with Gasteiger partial charge in [0.05, 0.1) is 18.4 Å². The molecule has 1 fully saturated rings. The number of rotatable bonds is 6. The van der Waals surface area contributed by atoms with Crippen molar-refractivity contribution in [3.05, 3.63) is 24.3 Å². The number of hydrogen-bond donors (Lipinski definition) is 2. The zero-order chi connectivity index (χ0) is 15.2. The molecule has 0 heterocycles. The van der Waals surface area contributed by atoms with Crippen LogP contribution in [0.2, 0.25) is 0 Å². The maximum absolute atomic E-state index is 12.2. The highest BCUT2D eigenvalue weighted by atomic mass is 16.5. The molecule has 0 spiro atoms. The molecule has 5 heteroatoms. The highest BCUT2D eigenvalue weighted by molar-refractivity contribution is 5.95. The largest absolute Gasteiger partial charge is 0.494 e. The van der Waals surface area contributed by atoms with Gasteiger partial charge < -0.3 is 15.2 Å². The fraction of sp³-hybridized carbons (Fsp3) is 0.500. The van der Waals surface area contributed by atoms with Gasteiger partial charge in [0, 0.05) is 11.8 Å². The molecule has 1 aliphatic rings. The van der Waals surface area contributed by atoms with Crippen molar-refractivity contribution in [2.24, 2.45) is 11.8 Å². The minimum absolute atomic E-state index is 0.215. The summed E-state index contributed by atoms with van der Waals surface area (Å²) >= 11 is 0. The second kappa shape index (κ2) is 7.11. The van der Waals surface area contributed by atoms with Gasteiger partial charge in [0.2, 0.25) is 5.91 Å². The fourth-order valence-electron chi connectivity index (χ4n) is 2.69. The van der Waals surface area contributed by atoms with Crippen LogP contribution in [0.15, 0.2) is 24.3 Å². The van der Waals surface area contributed by atoms with E-state index in [1.54, 1.807) is 12.1 Å². The van der Waals surface area contributed by atoms with Crippen molar-refractivity contribution in [2.45, 2.75) is 32.6 Å². The van der Waals surface area contributed by atoms with Crippen molar-refractivity contribution in [2.75, 3.05) is 11.9 Å². The Kier molecular flexibility index (Phi) is 5.20. The molecule has 0 radical (unpaired) electrons. The van der Waals surface area contributed by atoms with Crippen LogP contribution in [0.5, 0.6) is 5.75 Å². The van der Waals surface area contributed by atoms with Crippen molar-refractivity contribution < 1.29 is 19.4 Å². The van der Waals surface area contributed by atoms with E-state index in [4.69, 9.17) is 9.84 Å². The Balaban J connectivity index is 2.00. The number of ether oxygens (including phenoxy) is 1. The summed E-state index contributed by atoms with van der Waals surface area (Å²) in [5.41, 5.74) is 0.643. The van der Waals surface area contributed by atoms with Crippen LogP contribution in [0, 0.1) is 11.8 Å². The number of carbonyl (C=O) groups is 2. The van der Waals surface area contributed by atoms with Crippen molar-refractivity contribution >= 4 is 17.6 Å². The topological polar surface area (TPSA) is 75.6 Å². The van der Waals surface area contributed by atoms with Gasteiger partial charge in [0.25, 0.3) is 0 Å². The minimum Gasteiger partial charge on any atom is -0.494 e. The summed E-state index contributed by atoms with van der Waals surface area (Å²) in [6.45, 7) is 2.65. The van der Waals surface area contributed by atoms with Gasteiger partial charge in [-0.05, 0) is 31.4 Å². The molecule has 1 amide bonds. The number of aliphatic carboxylic acids is 1. The zero-order valence-electron chi connectivity index (χ0n) is 12.2. The molecular weight excluding hydrogens is 270 g/mol. The fourth-order valence-corrected chi connectivity index (χ4v) is 2.69. The second-order valence-corrected chi connectivity index (χ2v) is 5.35. The van der Waals surface area contributed by atoms with Gasteiger partial charge in [0.1, 0.15) is 5.75 Å². The maximum Gasteiger partial charge on any atom is 0.307 e. The number of benzene rings is 1. The summed E-state index contributed by atoms with van der Waals surface area (Å²) in [4.78, 5) is 23.4. The highest BCUT2D eigenvalue weighted by Crippen LogP contribution is 2.33. The molecule has 2 N–H and O–H groups in total. The average Bonchev–Trinajstić information content (AvgIpc) is 2.95. The molecule has 0 aliphatic heterocycles. The summed E-state index contributed by atoms with van der Waals surface area (Å²) in [5.74, 6) is -1.40. The van der Waals surface area contributed by atoms with Gasteiger partial charge >= 0.3 is 5.97 Å². The first-order valence-electron chi connectivity index (χ1n) is 7.38. The average molecular weight is 291 g/mol. The van der Waals surface area contributed by atoms with Gasteiger partial charge in [-0.2, -0.15) is 0 Å². The minimum atomic E-state index is -0.882. The Bertz CT molecular complexity index is 515. The Morgan fingerprint density at radius 1 is 1.33 bits per heavy atom. The van der Waals surface area contributed by atoms with Gasteiger partial charge in [0.15, 0.2) is 0 Å². The predicted octanol–water partition coefficient (Wildman–Crippen LogP) is 2.91. The van der Waals surface area contributed by atoms with Crippen LogP contribution >= 0.6 is 0 Å². The molecule has 21 heavy (non-hydrogen) atoms. The Morgan fingerprint density at radius 3 is 2.81 bits per heavy atom. The van der Waals surface area contributed by atoms with Crippen molar-refractivity contribution in [1.82, 2.24) is 0 Å². The Hall–Kier alpha value is -2.04. The number of amides is 1. The van der Waals surface area contributed by atoms with Gasteiger partial charge in [-0.1, -0.05) is 19.4 Å². The second-order valence-electron chi connectivity index (χ2n) is 5.35. The van der Waals surface area contributed by atoms with E-state index >= 15 is 0 Å². The molecule has 0 saturated heterocycles. The number of hydrogen-bond acceptors (Lipinski definition) is 3. The normalized spacial score (nSPS) is 21.0. The lowest BCUT2D eigenvalue weighted by molar-refractivity contribution is -0.145. The monoisotopic (exact) mass is 291 g/mol. The van der Waals surface area contributed by atoms with E-state index in [1.807, 2.05) is 19.1 Å². The third-order valence-corrected chi connectivity index (χ3v) is 3.74. The summed E-state index contributed by atoms with van der Waals surface area (Å²) in [6.07, 6.45) is 2.91. The van der Waals surface area contributed by atoms with Crippen LogP contribution in [0.3, 0.4) is 0 Å².